The van der Waals surface area contributed by atoms with Crippen molar-refractivity contribution in [3.63, 3.8) is 0 Å². The summed E-state index contributed by atoms with van der Waals surface area (Å²) in [4.78, 5) is 14.3. The van der Waals surface area contributed by atoms with E-state index in [9.17, 15) is 4.79 Å². The normalized spacial score (nSPS) is 17.8. The summed E-state index contributed by atoms with van der Waals surface area (Å²) in [5.74, 6) is 1.43. The van der Waals surface area contributed by atoms with Crippen molar-refractivity contribution in [2.24, 2.45) is 0 Å². The summed E-state index contributed by atoms with van der Waals surface area (Å²) in [6.45, 7) is 0.344. The quantitative estimate of drug-likeness (QED) is 0.517. The predicted octanol–water partition coefficient (Wildman–Crippen LogP) is 4.26. The van der Waals surface area contributed by atoms with Crippen LogP contribution >= 0.6 is 28.1 Å². The second-order valence-corrected chi connectivity index (χ2v) is 7.93. The molecule has 0 unspecified atom stereocenters. The summed E-state index contributed by atoms with van der Waals surface area (Å²) in [6.07, 6.45) is 3.85. The van der Waals surface area contributed by atoms with E-state index >= 15 is 0 Å². The lowest BCUT2D eigenvalue weighted by molar-refractivity contribution is -0.122. The lowest BCUT2D eigenvalue weighted by Crippen LogP contribution is -2.32. The molecule has 1 aliphatic carbocycles. The predicted molar refractivity (Wildman–Crippen MR) is 115 cm³/mol. The van der Waals surface area contributed by atoms with Crippen LogP contribution in [-0.2, 0) is 11.4 Å². The van der Waals surface area contributed by atoms with Gasteiger partial charge in [-0.05, 0) is 76.9 Å². The summed E-state index contributed by atoms with van der Waals surface area (Å²) < 4.78 is 12.3. The SMILES string of the molecule is COc1ccc(/C=C2/NC(=S)N(C3CC3)C2=O)cc1COc1ccccc1Br. The molecule has 1 saturated heterocycles. The Morgan fingerprint density at radius 3 is 2.75 bits per heavy atom. The molecule has 0 spiro atoms. The third-order valence-electron chi connectivity index (χ3n) is 4.66. The number of ether oxygens (including phenoxy) is 2. The number of hydrogen-bond acceptors (Lipinski definition) is 4. The molecule has 0 atom stereocenters. The van der Waals surface area contributed by atoms with Gasteiger partial charge in [-0.25, -0.2) is 0 Å². The van der Waals surface area contributed by atoms with Crippen molar-refractivity contribution in [2.45, 2.75) is 25.5 Å². The number of carbonyl (C=O) groups is 1. The summed E-state index contributed by atoms with van der Waals surface area (Å²) in [5, 5.41) is 3.53. The number of para-hydroxylation sites is 1. The van der Waals surface area contributed by atoms with Crippen LogP contribution in [0.3, 0.4) is 0 Å². The Morgan fingerprint density at radius 2 is 2.04 bits per heavy atom. The first-order valence-corrected chi connectivity index (χ1v) is 10.2. The third kappa shape index (κ3) is 3.91. The van der Waals surface area contributed by atoms with Crippen LogP contribution in [0, 0.1) is 0 Å². The molecule has 2 aromatic carbocycles. The zero-order valence-corrected chi connectivity index (χ0v) is 17.7. The largest absolute Gasteiger partial charge is 0.496 e. The minimum Gasteiger partial charge on any atom is -0.496 e. The van der Waals surface area contributed by atoms with Gasteiger partial charge in [0, 0.05) is 11.6 Å². The molecule has 1 amide bonds. The average molecular weight is 459 g/mol. The van der Waals surface area contributed by atoms with Gasteiger partial charge in [0.1, 0.15) is 23.8 Å². The van der Waals surface area contributed by atoms with E-state index in [1.54, 1.807) is 12.0 Å². The number of methoxy groups -OCH3 is 1. The molecule has 1 saturated carbocycles. The van der Waals surface area contributed by atoms with Gasteiger partial charge in [0.2, 0.25) is 0 Å². The molecular formula is C21H19BrN2O3S. The molecule has 2 aliphatic rings. The van der Waals surface area contributed by atoms with Crippen LogP contribution in [0.2, 0.25) is 0 Å². The molecule has 0 aromatic heterocycles. The van der Waals surface area contributed by atoms with Crippen LogP contribution in [0.4, 0.5) is 0 Å². The van der Waals surface area contributed by atoms with Crippen LogP contribution < -0.4 is 14.8 Å². The van der Waals surface area contributed by atoms with E-state index in [2.05, 4.69) is 21.2 Å². The van der Waals surface area contributed by atoms with Crippen LogP contribution in [0.15, 0.2) is 52.6 Å². The minimum atomic E-state index is -0.0608. The average Bonchev–Trinajstić information content (AvgIpc) is 3.48. The molecule has 2 aromatic rings. The number of amides is 1. The van der Waals surface area contributed by atoms with Crippen molar-refractivity contribution in [2.75, 3.05) is 7.11 Å². The number of nitrogens with zero attached hydrogens (tertiary/aromatic N) is 1. The first-order valence-electron chi connectivity index (χ1n) is 8.97. The number of rotatable bonds is 6. The number of thiocarbonyl (C=S) groups is 1. The van der Waals surface area contributed by atoms with Gasteiger partial charge in [-0.1, -0.05) is 18.2 Å². The fraction of sp³-hybridized carbons (Fsp3) is 0.238. The van der Waals surface area contributed by atoms with Crippen molar-refractivity contribution in [3.8, 4) is 11.5 Å². The maximum absolute atomic E-state index is 12.6. The van der Waals surface area contributed by atoms with Gasteiger partial charge in [-0.2, -0.15) is 0 Å². The molecule has 1 aliphatic heterocycles. The first-order chi connectivity index (χ1) is 13.6. The lowest BCUT2D eigenvalue weighted by Gasteiger charge is -2.12. The molecule has 7 heteroatoms. The summed E-state index contributed by atoms with van der Waals surface area (Å²) in [7, 11) is 1.63. The van der Waals surface area contributed by atoms with Gasteiger partial charge in [-0.15, -0.1) is 0 Å². The second-order valence-electron chi connectivity index (χ2n) is 6.68. The van der Waals surface area contributed by atoms with Crippen molar-refractivity contribution >= 4 is 45.2 Å². The number of hydrogen-bond donors (Lipinski definition) is 1. The van der Waals surface area contributed by atoms with Gasteiger partial charge in [0.15, 0.2) is 5.11 Å². The van der Waals surface area contributed by atoms with Gasteiger partial charge >= 0.3 is 0 Å². The fourth-order valence-electron chi connectivity index (χ4n) is 3.10. The van der Waals surface area contributed by atoms with Crippen LogP contribution in [0.25, 0.3) is 6.08 Å². The highest BCUT2D eigenvalue weighted by atomic mass is 79.9. The van der Waals surface area contributed by atoms with Crippen molar-refractivity contribution < 1.29 is 14.3 Å². The van der Waals surface area contributed by atoms with Gasteiger partial charge in [0.25, 0.3) is 5.91 Å². The number of carbonyl (C=O) groups excluding carboxylic acids is 1. The summed E-state index contributed by atoms with van der Waals surface area (Å²) in [6, 6.07) is 13.7. The molecule has 0 bridgehead atoms. The highest BCUT2D eigenvalue weighted by molar-refractivity contribution is 9.10. The number of halogens is 1. The minimum absolute atomic E-state index is 0.0608. The van der Waals surface area contributed by atoms with Gasteiger partial charge in [-0.3, -0.25) is 9.69 Å². The Bertz CT molecular complexity index is 972. The molecule has 5 nitrogen and oxygen atoms in total. The molecule has 144 valence electrons. The Balaban J connectivity index is 1.56. The third-order valence-corrected chi connectivity index (χ3v) is 5.61. The van der Waals surface area contributed by atoms with E-state index in [0.717, 1.165) is 39.9 Å². The summed E-state index contributed by atoms with van der Waals surface area (Å²) >= 11 is 8.79. The maximum Gasteiger partial charge on any atom is 0.276 e. The Kier molecular flexibility index (Phi) is 5.37. The highest BCUT2D eigenvalue weighted by Gasteiger charge is 2.41. The zero-order valence-electron chi connectivity index (χ0n) is 15.3. The van der Waals surface area contributed by atoms with Crippen molar-refractivity contribution in [3.05, 3.63) is 63.8 Å². The van der Waals surface area contributed by atoms with E-state index in [-0.39, 0.29) is 11.9 Å². The molecule has 28 heavy (non-hydrogen) atoms. The Morgan fingerprint density at radius 1 is 1.25 bits per heavy atom. The fourth-order valence-corrected chi connectivity index (χ4v) is 3.84. The number of nitrogens with one attached hydrogen (secondary N) is 1. The molecule has 2 fully saturated rings. The summed E-state index contributed by atoms with van der Waals surface area (Å²) in [5.41, 5.74) is 2.27. The monoisotopic (exact) mass is 458 g/mol. The van der Waals surface area contributed by atoms with E-state index in [1.807, 2.05) is 48.5 Å². The molecule has 0 radical (unpaired) electrons. The van der Waals surface area contributed by atoms with E-state index in [4.69, 9.17) is 21.7 Å². The standard InChI is InChI=1S/C21H19BrN2O3S/c1-26-18-9-6-13(10-14(18)12-27-19-5-3-2-4-16(19)22)11-17-20(25)24(15-7-8-15)21(28)23-17/h2-6,9-11,15H,7-8,12H2,1H3,(H,23,28)/b17-11+. The molecular weight excluding hydrogens is 440 g/mol. The Labute approximate surface area is 177 Å². The lowest BCUT2D eigenvalue weighted by atomic mass is 10.1. The number of benzene rings is 2. The van der Waals surface area contributed by atoms with Crippen LogP contribution in [-0.4, -0.2) is 29.1 Å². The van der Waals surface area contributed by atoms with Crippen LogP contribution in [0.5, 0.6) is 11.5 Å². The molecule has 4 rings (SSSR count). The van der Waals surface area contributed by atoms with Gasteiger partial charge < -0.3 is 14.8 Å². The smallest absolute Gasteiger partial charge is 0.276 e. The van der Waals surface area contributed by atoms with Crippen LogP contribution in [0.1, 0.15) is 24.0 Å². The zero-order chi connectivity index (χ0) is 19.7. The second kappa shape index (κ2) is 7.93. The van der Waals surface area contributed by atoms with E-state index in [0.29, 0.717) is 17.4 Å². The molecule has 1 N–H and O–H groups in total. The maximum atomic E-state index is 12.6. The van der Waals surface area contributed by atoms with Crippen molar-refractivity contribution in [1.82, 2.24) is 10.2 Å². The topological polar surface area (TPSA) is 50.8 Å². The highest BCUT2D eigenvalue weighted by Crippen LogP contribution is 2.31. The molecule has 1 heterocycles. The van der Waals surface area contributed by atoms with Crippen molar-refractivity contribution in [1.29, 1.82) is 0 Å². The van der Waals surface area contributed by atoms with Gasteiger partial charge in [0.05, 0.1) is 11.6 Å². The Hall–Kier alpha value is -2.38. The first kappa shape index (κ1) is 19.0. The van der Waals surface area contributed by atoms with E-state index < -0.39 is 0 Å². The van der Waals surface area contributed by atoms with E-state index in [1.165, 1.54) is 0 Å².